The quantitative estimate of drug-likeness (QED) is 0.824. The highest BCUT2D eigenvalue weighted by atomic mass is 19.1. The Bertz CT molecular complexity index is 777. The summed E-state index contributed by atoms with van der Waals surface area (Å²) in [6.45, 7) is 1.90. The maximum atomic E-state index is 13.8. The molecule has 1 saturated carbocycles. The number of hydrogen-bond acceptors (Lipinski definition) is 2. The number of hydrogen-bond donors (Lipinski definition) is 2. The third kappa shape index (κ3) is 4.31. The molecule has 2 aromatic rings. The minimum Gasteiger partial charge on any atom is -0.497 e. The summed E-state index contributed by atoms with van der Waals surface area (Å²) >= 11 is 0. The molecular formula is C20H22F2N2O2. The highest BCUT2D eigenvalue weighted by Crippen LogP contribution is 2.43. The first-order valence-electron chi connectivity index (χ1n) is 8.61. The highest BCUT2D eigenvalue weighted by Gasteiger charge is 2.42. The van der Waals surface area contributed by atoms with Crippen molar-refractivity contribution in [2.75, 3.05) is 7.11 Å². The second-order valence-corrected chi connectivity index (χ2v) is 6.66. The van der Waals surface area contributed by atoms with Gasteiger partial charge in [-0.2, -0.15) is 0 Å². The summed E-state index contributed by atoms with van der Waals surface area (Å²) < 4.78 is 32.8. The van der Waals surface area contributed by atoms with Gasteiger partial charge in [-0.1, -0.05) is 18.2 Å². The smallest absolute Gasteiger partial charge is 0.315 e. The molecule has 0 radical (unpaired) electrons. The van der Waals surface area contributed by atoms with E-state index in [0.717, 1.165) is 11.3 Å². The lowest BCUT2D eigenvalue weighted by Gasteiger charge is -2.15. The summed E-state index contributed by atoms with van der Waals surface area (Å²) in [6, 6.07) is 10.8. The Kier molecular flexibility index (Phi) is 5.40. The minimum atomic E-state index is -0.564. The molecule has 1 fully saturated rings. The van der Waals surface area contributed by atoms with Crippen LogP contribution in [0.3, 0.4) is 0 Å². The van der Waals surface area contributed by atoms with Gasteiger partial charge in [0.2, 0.25) is 0 Å². The van der Waals surface area contributed by atoms with Crippen LogP contribution in [0, 0.1) is 11.6 Å². The largest absolute Gasteiger partial charge is 0.497 e. The minimum absolute atomic E-state index is 0.0576. The highest BCUT2D eigenvalue weighted by molar-refractivity contribution is 5.75. The maximum Gasteiger partial charge on any atom is 0.315 e. The van der Waals surface area contributed by atoms with Gasteiger partial charge >= 0.3 is 6.03 Å². The number of nitrogens with one attached hydrogen (secondary N) is 2. The zero-order valence-corrected chi connectivity index (χ0v) is 14.8. The fourth-order valence-electron chi connectivity index (χ4n) is 3.18. The van der Waals surface area contributed by atoms with Crippen molar-refractivity contribution in [3.8, 4) is 5.75 Å². The Balaban J connectivity index is 1.50. The summed E-state index contributed by atoms with van der Waals surface area (Å²) in [4.78, 5) is 12.1. The van der Waals surface area contributed by atoms with Gasteiger partial charge in [0.1, 0.15) is 17.4 Å². The Morgan fingerprint density at radius 3 is 2.62 bits per heavy atom. The van der Waals surface area contributed by atoms with E-state index >= 15 is 0 Å². The fourth-order valence-corrected chi connectivity index (χ4v) is 3.18. The summed E-state index contributed by atoms with van der Waals surface area (Å²) in [7, 11) is 1.61. The van der Waals surface area contributed by atoms with Crippen molar-refractivity contribution < 1.29 is 18.3 Å². The van der Waals surface area contributed by atoms with Crippen LogP contribution in [0.2, 0.25) is 0 Å². The number of rotatable bonds is 6. The third-order valence-corrected chi connectivity index (χ3v) is 4.53. The molecule has 1 aliphatic carbocycles. The summed E-state index contributed by atoms with van der Waals surface area (Å²) in [5, 5.41) is 5.65. The van der Waals surface area contributed by atoms with E-state index in [-0.39, 0.29) is 29.6 Å². The second kappa shape index (κ2) is 7.72. The number of ether oxygens (including phenoxy) is 1. The van der Waals surface area contributed by atoms with Gasteiger partial charge in [-0.3, -0.25) is 0 Å². The first-order chi connectivity index (χ1) is 12.5. The number of halogens is 2. The van der Waals surface area contributed by atoms with E-state index in [4.69, 9.17) is 4.74 Å². The van der Waals surface area contributed by atoms with E-state index in [1.807, 2.05) is 31.2 Å². The van der Waals surface area contributed by atoms with Crippen LogP contribution in [0.1, 0.15) is 30.4 Å². The summed E-state index contributed by atoms with van der Waals surface area (Å²) in [5.74, 6) is -0.667. The number of amides is 2. The number of carbonyl (C=O) groups is 1. The number of carbonyl (C=O) groups excluding carboxylic acids is 1. The first-order valence-corrected chi connectivity index (χ1v) is 8.61. The molecule has 3 atom stereocenters. The molecule has 0 heterocycles. The Morgan fingerprint density at radius 2 is 1.92 bits per heavy atom. The van der Waals surface area contributed by atoms with Gasteiger partial charge in [-0.25, -0.2) is 13.6 Å². The van der Waals surface area contributed by atoms with Crippen molar-refractivity contribution in [3.05, 3.63) is 65.2 Å². The van der Waals surface area contributed by atoms with Crippen molar-refractivity contribution >= 4 is 6.03 Å². The lowest BCUT2D eigenvalue weighted by atomic mass is 10.1. The average molecular weight is 360 g/mol. The van der Waals surface area contributed by atoms with Gasteiger partial charge in [0, 0.05) is 23.6 Å². The van der Waals surface area contributed by atoms with Gasteiger partial charge in [-0.05, 0) is 49.6 Å². The standard InChI is InChI=1S/C20H22F2N2O2/c1-12(9-13-5-3-6-14(10-13)26-2)23-20(25)24-18-11-15(18)19-16(21)7-4-8-17(19)22/h3-8,10,12,15,18H,9,11H2,1-2H3,(H2,23,24,25). The molecule has 0 spiro atoms. The molecule has 2 amide bonds. The third-order valence-electron chi connectivity index (χ3n) is 4.53. The Hall–Kier alpha value is -2.63. The second-order valence-electron chi connectivity index (χ2n) is 6.66. The normalized spacial score (nSPS) is 19.5. The molecule has 2 aromatic carbocycles. The van der Waals surface area contributed by atoms with Crippen LogP contribution in [0.4, 0.5) is 13.6 Å². The van der Waals surface area contributed by atoms with Crippen LogP contribution in [0.15, 0.2) is 42.5 Å². The molecule has 2 N–H and O–H groups in total. The van der Waals surface area contributed by atoms with Crippen molar-refractivity contribution in [3.63, 3.8) is 0 Å². The van der Waals surface area contributed by atoms with Gasteiger partial charge in [0.25, 0.3) is 0 Å². The van der Waals surface area contributed by atoms with Crippen molar-refractivity contribution in [2.45, 2.75) is 37.8 Å². The van der Waals surface area contributed by atoms with E-state index in [2.05, 4.69) is 10.6 Å². The molecule has 3 rings (SSSR count). The van der Waals surface area contributed by atoms with E-state index in [1.54, 1.807) is 7.11 Å². The predicted molar refractivity (Wildman–Crippen MR) is 95.3 cm³/mol. The Morgan fingerprint density at radius 1 is 1.23 bits per heavy atom. The Labute approximate surface area is 151 Å². The van der Waals surface area contributed by atoms with E-state index < -0.39 is 11.6 Å². The van der Waals surface area contributed by atoms with Crippen molar-refractivity contribution in [1.29, 1.82) is 0 Å². The van der Waals surface area contributed by atoms with E-state index in [1.165, 1.54) is 18.2 Å². The van der Waals surface area contributed by atoms with E-state index in [0.29, 0.717) is 12.8 Å². The SMILES string of the molecule is COc1cccc(CC(C)NC(=O)NC2CC2c2c(F)cccc2F)c1. The fraction of sp³-hybridized carbons (Fsp3) is 0.350. The number of methoxy groups -OCH3 is 1. The molecule has 4 nitrogen and oxygen atoms in total. The molecule has 1 aliphatic rings. The topological polar surface area (TPSA) is 50.4 Å². The monoisotopic (exact) mass is 360 g/mol. The van der Waals surface area contributed by atoms with Gasteiger partial charge in [0.15, 0.2) is 0 Å². The van der Waals surface area contributed by atoms with Crippen LogP contribution >= 0.6 is 0 Å². The number of benzene rings is 2. The number of urea groups is 1. The summed E-state index contributed by atoms with van der Waals surface area (Å²) in [6.07, 6.45) is 1.19. The zero-order valence-electron chi connectivity index (χ0n) is 14.8. The van der Waals surface area contributed by atoms with Crippen LogP contribution < -0.4 is 15.4 Å². The molecule has 0 bridgehead atoms. The first kappa shape index (κ1) is 18.2. The summed E-state index contributed by atoms with van der Waals surface area (Å²) in [5.41, 5.74) is 1.11. The van der Waals surface area contributed by atoms with Gasteiger partial charge in [0.05, 0.1) is 7.11 Å². The molecule has 26 heavy (non-hydrogen) atoms. The molecule has 0 saturated heterocycles. The van der Waals surface area contributed by atoms with Crippen LogP contribution in [0.25, 0.3) is 0 Å². The lowest BCUT2D eigenvalue weighted by Crippen LogP contribution is -2.42. The lowest BCUT2D eigenvalue weighted by molar-refractivity contribution is 0.237. The van der Waals surface area contributed by atoms with Gasteiger partial charge < -0.3 is 15.4 Å². The van der Waals surface area contributed by atoms with Crippen molar-refractivity contribution in [2.24, 2.45) is 0 Å². The van der Waals surface area contributed by atoms with Crippen LogP contribution in [-0.2, 0) is 6.42 Å². The molecule has 3 unspecified atom stereocenters. The van der Waals surface area contributed by atoms with Gasteiger partial charge in [-0.15, -0.1) is 0 Å². The molecule has 138 valence electrons. The predicted octanol–water partition coefficient (Wildman–Crippen LogP) is 3.76. The maximum absolute atomic E-state index is 13.8. The zero-order chi connectivity index (χ0) is 18.7. The van der Waals surface area contributed by atoms with Crippen molar-refractivity contribution in [1.82, 2.24) is 10.6 Å². The van der Waals surface area contributed by atoms with Crippen LogP contribution in [0.5, 0.6) is 5.75 Å². The average Bonchev–Trinajstić information content (AvgIpc) is 3.33. The molecular weight excluding hydrogens is 338 g/mol. The molecule has 0 aromatic heterocycles. The molecule has 0 aliphatic heterocycles. The van der Waals surface area contributed by atoms with Crippen LogP contribution in [-0.4, -0.2) is 25.2 Å². The molecule has 6 heteroatoms. The van der Waals surface area contributed by atoms with E-state index in [9.17, 15) is 13.6 Å².